The number of ether oxygens (including phenoxy) is 2. The standard InChI is InChI=1S/C22H25ClFN3O3/c1-14(28)30-21-3-2-18(11-20(21)24)29-9-6-16-10-19(16)15-4-7-27(8-5-15)22-25-12-17(23)13-26-22/h2-3,11-13,15-16,19H,4-10H2,1H3/t16-,19-/m1/s1. The van der Waals surface area contributed by atoms with Crippen molar-refractivity contribution in [3.05, 3.63) is 41.4 Å². The fraction of sp³-hybridized carbons (Fsp3) is 0.500. The van der Waals surface area contributed by atoms with E-state index in [0.29, 0.717) is 23.3 Å². The summed E-state index contributed by atoms with van der Waals surface area (Å²) in [5, 5.41) is 0.555. The maximum absolute atomic E-state index is 13.9. The molecule has 2 atom stereocenters. The van der Waals surface area contributed by atoms with Crippen LogP contribution in [-0.4, -0.2) is 35.6 Å². The lowest BCUT2D eigenvalue weighted by molar-refractivity contribution is -0.132. The van der Waals surface area contributed by atoms with Gasteiger partial charge in [0, 0.05) is 26.1 Å². The molecule has 160 valence electrons. The van der Waals surface area contributed by atoms with Crippen molar-refractivity contribution >= 4 is 23.5 Å². The third-order valence-electron chi connectivity index (χ3n) is 5.93. The van der Waals surface area contributed by atoms with Gasteiger partial charge in [0.05, 0.1) is 24.0 Å². The quantitative estimate of drug-likeness (QED) is 0.472. The van der Waals surface area contributed by atoms with Gasteiger partial charge in [-0.2, -0.15) is 0 Å². The van der Waals surface area contributed by atoms with Gasteiger partial charge >= 0.3 is 5.97 Å². The monoisotopic (exact) mass is 433 g/mol. The summed E-state index contributed by atoms with van der Waals surface area (Å²) in [5.41, 5.74) is 0. The second-order valence-electron chi connectivity index (χ2n) is 8.01. The zero-order valence-electron chi connectivity index (χ0n) is 16.9. The van der Waals surface area contributed by atoms with Crippen molar-refractivity contribution in [3.8, 4) is 11.5 Å². The molecule has 1 saturated carbocycles. The van der Waals surface area contributed by atoms with E-state index in [1.807, 2.05) is 0 Å². The Hall–Kier alpha value is -2.41. The van der Waals surface area contributed by atoms with E-state index in [-0.39, 0.29) is 5.75 Å². The number of piperidine rings is 1. The summed E-state index contributed by atoms with van der Waals surface area (Å²) < 4.78 is 24.4. The molecule has 0 bridgehead atoms. The van der Waals surface area contributed by atoms with Gasteiger partial charge in [-0.3, -0.25) is 4.79 Å². The van der Waals surface area contributed by atoms with E-state index in [4.69, 9.17) is 21.1 Å². The predicted molar refractivity (Wildman–Crippen MR) is 111 cm³/mol. The van der Waals surface area contributed by atoms with Gasteiger partial charge < -0.3 is 14.4 Å². The second kappa shape index (κ2) is 9.16. The molecule has 1 aromatic carbocycles. The van der Waals surface area contributed by atoms with Crippen molar-refractivity contribution < 1.29 is 18.7 Å². The van der Waals surface area contributed by atoms with Gasteiger partial charge in [0.1, 0.15) is 5.75 Å². The molecule has 0 N–H and O–H groups in total. The van der Waals surface area contributed by atoms with E-state index >= 15 is 0 Å². The van der Waals surface area contributed by atoms with E-state index in [2.05, 4.69) is 14.9 Å². The molecule has 2 aromatic rings. The van der Waals surface area contributed by atoms with E-state index in [0.717, 1.165) is 50.1 Å². The highest BCUT2D eigenvalue weighted by molar-refractivity contribution is 6.30. The average Bonchev–Trinajstić information content (AvgIpc) is 3.50. The molecule has 30 heavy (non-hydrogen) atoms. The van der Waals surface area contributed by atoms with Crippen LogP contribution in [0.4, 0.5) is 10.3 Å². The molecular weight excluding hydrogens is 409 g/mol. The van der Waals surface area contributed by atoms with Crippen LogP contribution in [0.3, 0.4) is 0 Å². The molecule has 4 rings (SSSR count). The third kappa shape index (κ3) is 5.19. The fourth-order valence-corrected chi connectivity index (χ4v) is 4.41. The highest BCUT2D eigenvalue weighted by atomic mass is 35.5. The maximum Gasteiger partial charge on any atom is 0.308 e. The number of aromatic nitrogens is 2. The Balaban J connectivity index is 1.18. The predicted octanol–water partition coefficient (Wildman–Crippen LogP) is 4.52. The Morgan fingerprint density at radius 2 is 2.00 bits per heavy atom. The number of esters is 1. The SMILES string of the molecule is CC(=O)Oc1ccc(OCC[C@@H]2C[C@@H]2C2CCN(c3ncc(Cl)cn3)CC2)cc1F. The van der Waals surface area contributed by atoms with Crippen LogP contribution in [0.1, 0.15) is 32.6 Å². The lowest BCUT2D eigenvalue weighted by Crippen LogP contribution is -2.35. The number of carbonyl (C=O) groups excluding carboxylic acids is 1. The van der Waals surface area contributed by atoms with Crippen LogP contribution in [0.25, 0.3) is 0 Å². The van der Waals surface area contributed by atoms with Crippen molar-refractivity contribution in [1.82, 2.24) is 9.97 Å². The number of rotatable bonds is 7. The fourth-order valence-electron chi connectivity index (χ4n) is 4.31. The summed E-state index contributed by atoms with van der Waals surface area (Å²) in [7, 11) is 0. The molecule has 1 saturated heterocycles. The number of halogens is 2. The zero-order chi connectivity index (χ0) is 21.1. The van der Waals surface area contributed by atoms with Gasteiger partial charge in [-0.15, -0.1) is 0 Å². The van der Waals surface area contributed by atoms with Crippen molar-refractivity contribution in [2.24, 2.45) is 17.8 Å². The van der Waals surface area contributed by atoms with Crippen LogP contribution in [0.15, 0.2) is 30.6 Å². The van der Waals surface area contributed by atoms with Gasteiger partial charge in [0.15, 0.2) is 11.6 Å². The molecule has 2 fully saturated rings. The number of carbonyl (C=O) groups is 1. The van der Waals surface area contributed by atoms with Gasteiger partial charge in [0.25, 0.3) is 0 Å². The zero-order valence-corrected chi connectivity index (χ0v) is 17.6. The Bertz CT molecular complexity index is 888. The van der Waals surface area contributed by atoms with Gasteiger partial charge in [0.2, 0.25) is 5.95 Å². The molecule has 0 radical (unpaired) electrons. The minimum Gasteiger partial charge on any atom is -0.493 e. The highest BCUT2D eigenvalue weighted by Gasteiger charge is 2.43. The molecule has 6 nitrogen and oxygen atoms in total. The number of hydrogen-bond acceptors (Lipinski definition) is 6. The number of anilines is 1. The highest BCUT2D eigenvalue weighted by Crippen LogP contribution is 2.49. The summed E-state index contributed by atoms with van der Waals surface area (Å²) in [4.78, 5) is 21.8. The summed E-state index contributed by atoms with van der Waals surface area (Å²) >= 11 is 5.86. The van der Waals surface area contributed by atoms with Crippen molar-refractivity contribution in [3.63, 3.8) is 0 Å². The molecule has 2 aliphatic rings. The van der Waals surface area contributed by atoms with E-state index in [1.54, 1.807) is 18.5 Å². The molecule has 0 unspecified atom stereocenters. The van der Waals surface area contributed by atoms with Crippen molar-refractivity contribution in [1.29, 1.82) is 0 Å². The third-order valence-corrected chi connectivity index (χ3v) is 6.12. The Morgan fingerprint density at radius 1 is 1.27 bits per heavy atom. The van der Waals surface area contributed by atoms with Gasteiger partial charge in [-0.05, 0) is 55.6 Å². The second-order valence-corrected chi connectivity index (χ2v) is 8.44. The van der Waals surface area contributed by atoms with Gasteiger partial charge in [-0.25, -0.2) is 14.4 Å². The van der Waals surface area contributed by atoms with Crippen molar-refractivity contribution in [2.75, 3.05) is 24.6 Å². The van der Waals surface area contributed by atoms with E-state index in [9.17, 15) is 9.18 Å². The van der Waals surface area contributed by atoms with Crippen LogP contribution < -0.4 is 14.4 Å². The smallest absolute Gasteiger partial charge is 0.308 e. The topological polar surface area (TPSA) is 64.6 Å². The normalized spacial score (nSPS) is 21.4. The maximum atomic E-state index is 13.9. The lowest BCUT2D eigenvalue weighted by Gasteiger charge is -2.32. The largest absolute Gasteiger partial charge is 0.493 e. The van der Waals surface area contributed by atoms with Gasteiger partial charge in [-0.1, -0.05) is 11.6 Å². The molecule has 1 aromatic heterocycles. The first-order chi connectivity index (χ1) is 14.5. The summed E-state index contributed by atoms with van der Waals surface area (Å²) in [6, 6.07) is 4.31. The number of hydrogen-bond donors (Lipinski definition) is 0. The first-order valence-corrected chi connectivity index (χ1v) is 10.7. The Morgan fingerprint density at radius 3 is 2.67 bits per heavy atom. The Kier molecular flexibility index (Phi) is 6.37. The minimum atomic E-state index is -0.594. The summed E-state index contributed by atoms with van der Waals surface area (Å²) in [6.45, 7) is 3.75. The molecule has 0 spiro atoms. The number of benzene rings is 1. The Labute approximate surface area is 180 Å². The molecule has 0 amide bonds. The first-order valence-electron chi connectivity index (χ1n) is 10.3. The molecule has 2 heterocycles. The molecule has 1 aliphatic heterocycles. The van der Waals surface area contributed by atoms with Crippen molar-refractivity contribution in [2.45, 2.75) is 32.6 Å². The van der Waals surface area contributed by atoms with Crippen LogP contribution in [0, 0.1) is 23.6 Å². The number of nitrogens with zero attached hydrogens (tertiary/aromatic N) is 3. The lowest BCUT2D eigenvalue weighted by atomic mass is 9.90. The average molecular weight is 434 g/mol. The van der Waals surface area contributed by atoms with E-state index in [1.165, 1.54) is 25.5 Å². The first kappa shape index (κ1) is 20.8. The van der Waals surface area contributed by atoms with Crippen LogP contribution in [0.2, 0.25) is 5.02 Å². The van der Waals surface area contributed by atoms with Crippen LogP contribution in [0.5, 0.6) is 11.5 Å². The molecule has 1 aliphatic carbocycles. The van der Waals surface area contributed by atoms with E-state index < -0.39 is 11.8 Å². The molecular formula is C22H25ClFN3O3. The minimum absolute atomic E-state index is 0.0764. The van der Waals surface area contributed by atoms with Crippen LogP contribution >= 0.6 is 11.6 Å². The summed E-state index contributed by atoms with van der Waals surface area (Å²) in [6.07, 6.45) is 7.79. The summed E-state index contributed by atoms with van der Waals surface area (Å²) in [5.74, 6) is 2.16. The molecule has 8 heteroatoms. The van der Waals surface area contributed by atoms with Crippen LogP contribution in [-0.2, 0) is 4.79 Å².